The molecular weight excluding hydrogens is 264 g/mol. The fourth-order valence-electron chi connectivity index (χ4n) is 2.44. The van der Waals surface area contributed by atoms with Crippen molar-refractivity contribution >= 4 is 11.9 Å². The quantitative estimate of drug-likeness (QED) is 0.938. The van der Waals surface area contributed by atoms with Gasteiger partial charge in [-0.3, -0.25) is 4.98 Å². The van der Waals surface area contributed by atoms with Crippen LogP contribution >= 0.6 is 0 Å². The van der Waals surface area contributed by atoms with Crippen molar-refractivity contribution in [3.05, 3.63) is 65.5 Å². The van der Waals surface area contributed by atoms with Crippen LogP contribution < -0.4 is 5.73 Å². The van der Waals surface area contributed by atoms with Crippen LogP contribution in [0.15, 0.2) is 53.7 Å². The molecule has 5 heteroatoms. The van der Waals surface area contributed by atoms with Gasteiger partial charge in [0.1, 0.15) is 11.9 Å². The fourth-order valence-corrected chi connectivity index (χ4v) is 2.44. The summed E-state index contributed by atoms with van der Waals surface area (Å²) in [5.74, 6) is 0.321. The second-order valence-electron chi connectivity index (χ2n) is 5.07. The van der Waals surface area contributed by atoms with E-state index in [9.17, 15) is 4.79 Å². The molecule has 0 spiro atoms. The molecule has 1 unspecified atom stereocenters. The maximum Gasteiger partial charge on any atom is 0.346 e. The third-order valence-corrected chi connectivity index (χ3v) is 3.51. The number of amidine groups is 1. The van der Waals surface area contributed by atoms with Gasteiger partial charge in [0.05, 0.1) is 0 Å². The first-order valence-electron chi connectivity index (χ1n) is 6.76. The Hall–Kier alpha value is -2.69. The summed E-state index contributed by atoms with van der Waals surface area (Å²) in [5.41, 5.74) is 8.79. The van der Waals surface area contributed by atoms with Gasteiger partial charge >= 0.3 is 6.03 Å². The van der Waals surface area contributed by atoms with Gasteiger partial charge in [-0.05, 0) is 18.6 Å². The minimum Gasteiger partial charge on any atom is -0.385 e. The van der Waals surface area contributed by atoms with Gasteiger partial charge in [0.25, 0.3) is 0 Å². The van der Waals surface area contributed by atoms with Gasteiger partial charge in [0, 0.05) is 24.0 Å². The Bertz CT molecular complexity index is 679. The molecule has 0 bridgehead atoms. The van der Waals surface area contributed by atoms with Crippen LogP contribution in [0, 0.1) is 6.92 Å². The molecule has 1 aromatic carbocycles. The zero-order chi connectivity index (χ0) is 14.8. The Morgan fingerprint density at radius 1 is 1.19 bits per heavy atom. The van der Waals surface area contributed by atoms with Crippen molar-refractivity contribution in [3.8, 4) is 0 Å². The van der Waals surface area contributed by atoms with E-state index in [1.807, 2.05) is 49.4 Å². The van der Waals surface area contributed by atoms with Crippen molar-refractivity contribution in [2.75, 3.05) is 0 Å². The summed E-state index contributed by atoms with van der Waals surface area (Å²) in [7, 11) is 0. The summed E-state index contributed by atoms with van der Waals surface area (Å²) in [6.07, 6.45) is 1.75. The first-order chi connectivity index (χ1) is 10.1. The predicted molar refractivity (Wildman–Crippen MR) is 80.7 cm³/mol. The number of aryl methyl sites for hydroxylation is 1. The molecule has 2 aromatic rings. The Morgan fingerprint density at radius 2 is 1.95 bits per heavy atom. The smallest absolute Gasteiger partial charge is 0.346 e. The molecule has 2 heterocycles. The standard InChI is InChI=1S/C16H16N4O/c1-11-7-8-13(9-18-11)14-15(17)19-16(21)20(14)10-12-5-3-2-4-6-12/h2-9,14H,10H2,1H3,(H2,17,19,21). The van der Waals surface area contributed by atoms with Crippen molar-refractivity contribution < 1.29 is 4.79 Å². The molecule has 3 rings (SSSR count). The number of aromatic nitrogens is 1. The second kappa shape index (κ2) is 5.36. The molecule has 1 aromatic heterocycles. The molecule has 0 saturated carbocycles. The molecule has 0 aliphatic carbocycles. The van der Waals surface area contributed by atoms with Crippen LogP contribution in [0.1, 0.15) is 22.9 Å². The number of aliphatic imine (C=N–C) groups is 1. The van der Waals surface area contributed by atoms with E-state index in [4.69, 9.17) is 5.73 Å². The van der Waals surface area contributed by atoms with Crippen molar-refractivity contribution in [2.24, 2.45) is 10.7 Å². The van der Waals surface area contributed by atoms with Gasteiger partial charge in [-0.25, -0.2) is 4.79 Å². The Labute approximate surface area is 123 Å². The van der Waals surface area contributed by atoms with Crippen molar-refractivity contribution in [1.82, 2.24) is 9.88 Å². The van der Waals surface area contributed by atoms with E-state index in [1.54, 1.807) is 11.1 Å². The lowest BCUT2D eigenvalue weighted by molar-refractivity contribution is 0.203. The van der Waals surface area contributed by atoms with Crippen LogP contribution in [0.25, 0.3) is 0 Å². The maximum absolute atomic E-state index is 12.1. The summed E-state index contributed by atoms with van der Waals surface area (Å²) < 4.78 is 0. The second-order valence-corrected chi connectivity index (χ2v) is 5.07. The van der Waals surface area contributed by atoms with Crippen LogP contribution in [0.5, 0.6) is 0 Å². The summed E-state index contributed by atoms with van der Waals surface area (Å²) in [6, 6.07) is 13.0. The van der Waals surface area contributed by atoms with Crippen molar-refractivity contribution in [3.63, 3.8) is 0 Å². The van der Waals surface area contributed by atoms with Gasteiger partial charge in [-0.15, -0.1) is 0 Å². The lowest BCUT2D eigenvalue weighted by Crippen LogP contribution is -2.33. The van der Waals surface area contributed by atoms with Gasteiger partial charge < -0.3 is 10.6 Å². The first-order valence-corrected chi connectivity index (χ1v) is 6.76. The topological polar surface area (TPSA) is 71.6 Å². The number of pyridine rings is 1. The first kappa shape index (κ1) is 13.3. The van der Waals surface area contributed by atoms with E-state index >= 15 is 0 Å². The highest BCUT2D eigenvalue weighted by Crippen LogP contribution is 2.28. The number of carbonyl (C=O) groups excluding carboxylic acids is 1. The predicted octanol–water partition coefficient (Wildman–Crippen LogP) is 2.42. The molecule has 106 valence electrons. The number of hydrogen-bond donors (Lipinski definition) is 1. The normalized spacial score (nSPS) is 18.0. The minimum atomic E-state index is -0.342. The van der Waals surface area contributed by atoms with Gasteiger partial charge in [0.15, 0.2) is 0 Å². The van der Waals surface area contributed by atoms with Crippen molar-refractivity contribution in [1.29, 1.82) is 0 Å². The third kappa shape index (κ3) is 2.63. The average Bonchev–Trinajstić information content (AvgIpc) is 2.76. The highest BCUT2D eigenvalue weighted by molar-refractivity contribution is 6.03. The van der Waals surface area contributed by atoms with Crippen LogP contribution in [-0.4, -0.2) is 21.8 Å². The van der Waals surface area contributed by atoms with Crippen LogP contribution in [0.2, 0.25) is 0 Å². The Balaban J connectivity index is 1.91. The van der Waals surface area contributed by atoms with Crippen LogP contribution in [-0.2, 0) is 6.54 Å². The van der Waals surface area contributed by atoms with Crippen LogP contribution in [0.3, 0.4) is 0 Å². The minimum absolute atomic E-state index is 0.304. The monoisotopic (exact) mass is 280 g/mol. The fraction of sp³-hybridized carbons (Fsp3) is 0.188. The number of urea groups is 1. The van der Waals surface area contributed by atoms with Gasteiger partial charge in [0.2, 0.25) is 0 Å². The summed E-state index contributed by atoms with van der Waals surface area (Å²) >= 11 is 0. The number of amides is 2. The summed E-state index contributed by atoms with van der Waals surface area (Å²) in [5, 5.41) is 0. The summed E-state index contributed by atoms with van der Waals surface area (Å²) in [4.78, 5) is 21.9. The largest absolute Gasteiger partial charge is 0.385 e. The van der Waals surface area contributed by atoms with E-state index in [-0.39, 0.29) is 12.1 Å². The van der Waals surface area contributed by atoms with E-state index in [0.717, 1.165) is 16.8 Å². The highest BCUT2D eigenvalue weighted by Gasteiger charge is 2.34. The molecule has 0 radical (unpaired) electrons. The Kier molecular flexibility index (Phi) is 3.39. The highest BCUT2D eigenvalue weighted by atomic mass is 16.2. The third-order valence-electron chi connectivity index (χ3n) is 3.51. The zero-order valence-corrected chi connectivity index (χ0v) is 11.7. The van der Waals surface area contributed by atoms with Gasteiger partial charge in [-0.1, -0.05) is 36.4 Å². The lowest BCUT2D eigenvalue weighted by atomic mass is 10.1. The molecule has 1 aliphatic heterocycles. The molecule has 2 N–H and O–H groups in total. The average molecular weight is 280 g/mol. The molecule has 5 nitrogen and oxygen atoms in total. The molecule has 0 fully saturated rings. The maximum atomic E-state index is 12.1. The molecule has 21 heavy (non-hydrogen) atoms. The van der Waals surface area contributed by atoms with E-state index in [1.165, 1.54) is 0 Å². The Morgan fingerprint density at radius 3 is 2.62 bits per heavy atom. The number of rotatable bonds is 3. The molecule has 1 aliphatic rings. The molecule has 1 atom stereocenters. The van der Waals surface area contributed by atoms with E-state index < -0.39 is 0 Å². The SMILES string of the molecule is Cc1ccc(C2C(N)=NC(=O)N2Cc2ccccc2)cn1. The van der Waals surface area contributed by atoms with Gasteiger partial charge in [-0.2, -0.15) is 4.99 Å². The number of nitrogens with zero attached hydrogens (tertiary/aromatic N) is 3. The number of benzene rings is 1. The zero-order valence-electron chi connectivity index (χ0n) is 11.7. The number of hydrogen-bond acceptors (Lipinski definition) is 3. The molecule has 0 saturated heterocycles. The molecule has 2 amide bonds. The van der Waals surface area contributed by atoms with Crippen LogP contribution in [0.4, 0.5) is 4.79 Å². The molecular formula is C16H16N4O. The number of carbonyl (C=O) groups is 1. The number of nitrogens with two attached hydrogens (primary N) is 1. The summed E-state index contributed by atoms with van der Waals surface area (Å²) in [6.45, 7) is 2.39. The lowest BCUT2D eigenvalue weighted by Gasteiger charge is -2.24. The van der Waals surface area contributed by atoms with Crippen molar-refractivity contribution in [2.45, 2.75) is 19.5 Å². The van der Waals surface area contributed by atoms with E-state index in [0.29, 0.717) is 12.4 Å². The van der Waals surface area contributed by atoms with E-state index in [2.05, 4.69) is 9.98 Å².